The number of carboxylic acid groups (broad SMARTS) is 1. The number of rotatable bonds is 9. The number of carbonyl (C=O) groups excluding carboxylic acids is 1. The molecule has 5 heteroatoms. The topological polar surface area (TPSA) is 69.6 Å². The van der Waals surface area contributed by atoms with E-state index in [0.29, 0.717) is 6.54 Å². The maximum Gasteiger partial charge on any atom is 0.328 e. The van der Waals surface area contributed by atoms with Crippen molar-refractivity contribution < 1.29 is 14.7 Å². The lowest BCUT2D eigenvalue weighted by atomic mass is 10.3. The highest BCUT2D eigenvalue weighted by Crippen LogP contribution is 1.93. The maximum absolute atomic E-state index is 11.1. The van der Waals surface area contributed by atoms with Gasteiger partial charge in [0.2, 0.25) is 5.91 Å². The molecule has 0 aliphatic rings. The van der Waals surface area contributed by atoms with Gasteiger partial charge in [0.15, 0.2) is 0 Å². The Hall–Kier alpha value is -1.36. The van der Waals surface area contributed by atoms with Crippen LogP contribution in [-0.4, -0.2) is 48.1 Å². The normalized spacial score (nSPS) is 11.0. The molecular formula is C12H22N2O3. The smallest absolute Gasteiger partial charge is 0.328 e. The van der Waals surface area contributed by atoms with Gasteiger partial charge in [-0.1, -0.05) is 13.8 Å². The van der Waals surface area contributed by atoms with Crippen molar-refractivity contribution in [2.75, 3.05) is 26.2 Å². The van der Waals surface area contributed by atoms with Crippen LogP contribution in [0.15, 0.2) is 12.2 Å². The van der Waals surface area contributed by atoms with E-state index in [1.807, 2.05) is 0 Å². The van der Waals surface area contributed by atoms with Gasteiger partial charge < -0.3 is 15.3 Å². The molecule has 0 rings (SSSR count). The van der Waals surface area contributed by atoms with Crippen molar-refractivity contribution in [2.24, 2.45) is 0 Å². The van der Waals surface area contributed by atoms with Crippen LogP contribution in [-0.2, 0) is 9.59 Å². The van der Waals surface area contributed by atoms with Crippen LogP contribution < -0.4 is 5.32 Å². The highest BCUT2D eigenvalue weighted by Gasteiger charge is 1.99. The standard InChI is InChI=1S/C12H22N2O3/c1-3-14(4-2)10-6-5-9-13-11(15)7-8-12(16)17/h7-8H,3-6,9-10H2,1-2H3,(H,13,15)(H,16,17)/b8-7-. The molecular weight excluding hydrogens is 220 g/mol. The Morgan fingerprint density at radius 1 is 1.18 bits per heavy atom. The molecule has 0 aromatic heterocycles. The quantitative estimate of drug-likeness (QED) is 0.465. The van der Waals surface area contributed by atoms with E-state index in [1.165, 1.54) is 0 Å². The van der Waals surface area contributed by atoms with Crippen LogP contribution in [0.5, 0.6) is 0 Å². The average Bonchev–Trinajstić information content (AvgIpc) is 2.31. The zero-order valence-corrected chi connectivity index (χ0v) is 10.6. The minimum atomic E-state index is -1.11. The van der Waals surface area contributed by atoms with Crippen molar-refractivity contribution in [3.05, 3.63) is 12.2 Å². The molecule has 0 atom stereocenters. The molecule has 1 amide bonds. The molecule has 0 spiro atoms. The summed E-state index contributed by atoms with van der Waals surface area (Å²) in [5, 5.41) is 11.0. The Morgan fingerprint density at radius 3 is 2.35 bits per heavy atom. The molecule has 98 valence electrons. The number of nitrogens with zero attached hydrogens (tertiary/aromatic N) is 1. The van der Waals surface area contributed by atoms with Crippen molar-refractivity contribution in [1.29, 1.82) is 0 Å². The zero-order chi connectivity index (χ0) is 13.1. The lowest BCUT2D eigenvalue weighted by molar-refractivity contribution is -0.131. The molecule has 0 radical (unpaired) electrons. The van der Waals surface area contributed by atoms with Crippen molar-refractivity contribution >= 4 is 11.9 Å². The average molecular weight is 242 g/mol. The van der Waals surface area contributed by atoms with Crippen LogP contribution in [0.25, 0.3) is 0 Å². The number of hydrogen-bond donors (Lipinski definition) is 2. The number of carbonyl (C=O) groups is 2. The van der Waals surface area contributed by atoms with Crippen LogP contribution in [0.3, 0.4) is 0 Å². The van der Waals surface area contributed by atoms with E-state index in [1.54, 1.807) is 0 Å². The summed E-state index contributed by atoms with van der Waals surface area (Å²) >= 11 is 0. The van der Waals surface area contributed by atoms with Gasteiger partial charge in [-0.15, -0.1) is 0 Å². The van der Waals surface area contributed by atoms with E-state index in [9.17, 15) is 9.59 Å². The lowest BCUT2D eigenvalue weighted by Crippen LogP contribution is -2.26. The summed E-state index contributed by atoms with van der Waals surface area (Å²) in [6, 6.07) is 0. The van der Waals surface area contributed by atoms with E-state index >= 15 is 0 Å². The number of nitrogens with one attached hydrogen (secondary N) is 1. The second-order valence-electron chi connectivity index (χ2n) is 3.70. The summed E-state index contributed by atoms with van der Waals surface area (Å²) in [6.45, 7) is 7.97. The second kappa shape index (κ2) is 9.84. The van der Waals surface area contributed by atoms with Gasteiger partial charge >= 0.3 is 5.97 Å². The first-order valence-corrected chi connectivity index (χ1v) is 6.01. The van der Waals surface area contributed by atoms with Gasteiger partial charge in [0.05, 0.1) is 0 Å². The van der Waals surface area contributed by atoms with E-state index in [-0.39, 0.29) is 5.91 Å². The van der Waals surface area contributed by atoms with Crippen molar-refractivity contribution in [1.82, 2.24) is 10.2 Å². The van der Waals surface area contributed by atoms with E-state index in [4.69, 9.17) is 5.11 Å². The molecule has 0 saturated carbocycles. The summed E-state index contributed by atoms with van der Waals surface area (Å²) < 4.78 is 0. The first kappa shape index (κ1) is 15.6. The molecule has 0 unspecified atom stereocenters. The summed E-state index contributed by atoms with van der Waals surface area (Å²) in [6.07, 6.45) is 3.81. The molecule has 0 aliphatic heterocycles. The molecule has 0 heterocycles. The van der Waals surface area contributed by atoms with Crippen LogP contribution in [0.1, 0.15) is 26.7 Å². The van der Waals surface area contributed by atoms with Crippen LogP contribution >= 0.6 is 0 Å². The van der Waals surface area contributed by atoms with E-state index in [0.717, 1.165) is 44.6 Å². The Kier molecular flexibility index (Phi) is 9.05. The third-order valence-electron chi connectivity index (χ3n) is 2.47. The Balaban J connectivity index is 3.51. The molecule has 2 N–H and O–H groups in total. The fourth-order valence-electron chi connectivity index (χ4n) is 1.42. The lowest BCUT2D eigenvalue weighted by Gasteiger charge is -2.17. The summed E-state index contributed by atoms with van der Waals surface area (Å²) in [4.78, 5) is 23.6. The molecule has 0 bridgehead atoms. The monoisotopic (exact) mass is 242 g/mol. The third kappa shape index (κ3) is 9.56. The summed E-state index contributed by atoms with van der Waals surface area (Å²) in [7, 11) is 0. The third-order valence-corrected chi connectivity index (χ3v) is 2.47. The number of aliphatic carboxylic acids is 1. The van der Waals surface area contributed by atoms with Crippen molar-refractivity contribution in [3.8, 4) is 0 Å². The minimum absolute atomic E-state index is 0.352. The number of amides is 1. The molecule has 0 fully saturated rings. The number of unbranched alkanes of at least 4 members (excludes halogenated alkanes) is 1. The number of hydrogen-bond acceptors (Lipinski definition) is 3. The molecule has 0 aromatic carbocycles. The van der Waals surface area contributed by atoms with E-state index in [2.05, 4.69) is 24.1 Å². The van der Waals surface area contributed by atoms with Gasteiger partial charge in [-0.3, -0.25) is 4.79 Å². The molecule has 17 heavy (non-hydrogen) atoms. The van der Waals surface area contributed by atoms with Crippen LogP contribution in [0.4, 0.5) is 0 Å². The van der Waals surface area contributed by atoms with Crippen molar-refractivity contribution in [3.63, 3.8) is 0 Å². The Morgan fingerprint density at radius 2 is 1.82 bits per heavy atom. The van der Waals surface area contributed by atoms with Gasteiger partial charge in [0.1, 0.15) is 0 Å². The van der Waals surface area contributed by atoms with Gasteiger partial charge in [-0.25, -0.2) is 4.79 Å². The molecule has 5 nitrogen and oxygen atoms in total. The molecule has 0 saturated heterocycles. The molecule has 0 aliphatic carbocycles. The zero-order valence-electron chi connectivity index (χ0n) is 10.6. The van der Waals surface area contributed by atoms with Gasteiger partial charge in [0.25, 0.3) is 0 Å². The van der Waals surface area contributed by atoms with E-state index < -0.39 is 5.97 Å². The van der Waals surface area contributed by atoms with Gasteiger partial charge in [0, 0.05) is 18.7 Å². The van der Waals surface area contributed by atoms with Crippen molar-refractivity contribution in [2.45, 2.75) is 26.7 Å². The predicted molar refractivity (Wildman–Crippen MR) is 66.8 cm³/mol. The highest BCUT2D eigenvalue weighted by atomic mass is 16.4. The fraction of sp³-hybridized carbons (Fsp3) is 0.667. The number of carboxylic acids is 1. The molecule has 0 aromatic rings. The highest BCUT2D eigenvalue weighted by molar-refractivity contribution is 5.93. The SMILES string of the molecule is CCN(CC)CCCCNC(=O)/C=C\C(=O)O. The largest absolute Gasteiger partial charge is 0.478 e. The first-order valence-electron chi connectivity index (χ1n) is 6.01. The predicted octanol–water partition coefficient (Wildman–Crippen LogP) is 0.865. The summed E-state index contributed by atoms with van der Waals surface area (Å²) in [5.41, 5.74) is 0. The minimum Gasteiger partial charge on any atom is -0.478 e. The van der Waals surface area contributed by atoms with Crippen LogP contribution in [0.2, 0.25) is 0 Å². The Bertz CT molecular complexity index is 260. The van der Waals surface area contributed by atoms with Crippen LogP contribution in [0, 0.1) is 0 Å². The first-order chi connectivity index (χ1) is 8.10. The summed E-state index contributed by atoms with van der Waals surface area (Å²) in [5.74, 6) is -1.46. The van der Waals surface area contributed by atoms with Gasteiger partial charge in [-0.2, -0.15) is 0 Å². The second-order valence-corrected chi connectivity index (χ2v) is 3.70. The maximum atomic E-state index is 11.1. The fourth-order valence-corrected chi connectivity index (χ4v) is 1.42. The Labute approximate surface area is 102 Å². The van der Waals surface area contributed by atoms with Gasteiger partial charge in [-0.05, 0) is 32.5 Å².